The number of alkyl halides is 3. The van der Waals surface area contributed by atoms with Gasteiger partial charge >= 0.3 is 6.18 Å². The summed E-state index contributed by atoms with van der Waals surface area (Å²) in [6, 6.07) is 9.80. The Morgan fingerprint density at radius 3 is 2.32 bits per heavy atom. The van der Waals surface area contributed by atoms with E-state index in [1.54, 1.807) is 37.3 Å². The summed E-state index contributed by atoms with van der Waals surface area (Å²) in [7, 11) is 2.09. The average Bonchev–Trinajstić information content (AvgIpc) is 3.20. The lowest BCUT2D eigenvalue weighted by molar-refractivity contribution is -0.142. The second-order valence-corrected chi connectivity index (χ2v) is 9.65. The number of hydrogen-bond donors (Lipinski definition) is 0. The number of amides is 1. The fourth-order valence-electron chi connectivity index (χ4n) is 3.77. The van der Waals surface area contributed by atoms with Crippen molar-refractivity contribution >= 4 is 12.1 Å². The predicted octanol–water partition coefficient (Wildman–Crippen LogP) is 7.61. The van der Waals surface area contributed by atoms with E-state index in [9.17, 15) is 18.0 Å². The van der Waals surface area contributed by atoms with E-state index in [1.807, 2.05) is 4.90 Å². The number of benzene rings is 1. The average molecular weight is 572 g/mol. The van der Waals surface area contributed by atoms with Gasteiger partial charge in [-0.05, 0) is 59.7 Å². The number of nitrogens with zero attached hydrogens (tertiary/aromatic N) is 5. The zero-order valence-corrected chi connectivity index (χ0v) is 25.0. The molecule has 0 saturated carbocycles. The first-order valence-electron chi connectivity index (χ1n) is 13.7. The molecule has 0 radical (unpaired) electrons. The number of aromatic nitrogens is 3. The molecule has 1 amide bonds. The number of halogens is 3. The summed E-state index contributed by atoms with van der Waals surface area (Å²) in [5.41, 5.74) is 2.33. The molecule has 1 aromatic carbocycles. The van der Waals surface area contributed by atoms with Crippen molar-refractivity contribution in [2.24, 2.45) is 0 Å². The molecule has 1 saturated heterocycles. The van der Waals surface area contributed by atoms with Crippen LogP contribution in [0.1, 0.15) is 51.3 Å². The molecule has 0 bridgehead atoms. The van der Waals surface area contributed by atoms with E-state index in [4.69, 9.17) is 0 Å². The van der Waals surface area contributed by atoms with Gasteiger partial charge in [-0.15, -0.1) is 13.2 Å². The van der Waals surface area contributed by atoms with Crippen molar-refractivity contribution in [3.63, 3.8) is 0 Å². The van der Waals surface area contributed by atoms with E-state index in [2.05, 4.69) is 74.2 Å². The number of allylic oxidation sites excluding steroid dienone is 4. The Bertz CT molecular complexity index is 1230. The van der Waals surface area contributed by atoms with E-state index >= 15 is 0 Å². The summed E-state index contributed by atoms with van der Waals surface area (Å²) in [4.78, 5) is 18.7. The lowest BCUT2D eigenvalue weighted by Crippen LogP contribution is -2.27. The third-order valence-electron chi connectivity index (χ3n) is 5.98. The van der Waals surface area contributed by atoms with Crippen LogP contribution < -0.4 is 0 Å². The molecule has 0 unspecified atom stereocenters. The number of carbonyl (C=O) groups is 1. The molecule has 0 N–H and O–H groups in total. The number of rotatable bonds is 5. The molecule has 2 aromatic heterocycles. The molecule has 41 heavy (non-hydrogen) atoms. The Balaban J connectivity index is 0.000000337. The second kappa shape index (κ2) is 18.6. The van der Waals surface area contributed by atoms with Crippen LogP contribution in [-0.4, -0.2) is 64.0 Å². The molecule has 4 rings (SSSR count). The molecule has 1 aliphatic heterocycles. The van der Waals surface area contributed by atoms with Crippen molar-refractivity contribution < 1.29 is 18.0 Å². The highest BCUT2D eigenvalue weighted by Crippen LogP contribution is 2.32. The topological polar surface area (TPSA) is 53.7 Å². The molecule has 0 aliphatic carbocycles. The van der Waals surface area contributed by atoms with Gasteiger partial charge in [0.25, 0.3) is 0 Å². The van der Waals surface area contributed by atoms with Crippen LogP contribution in [0.25, 0.3) is 16.9 Å². The van der Waals surface area contributed by atoms with Crippen molar-refractivity contribution in [2.75, 3.05) is 33.2 Å². The Morgan fingerprint density at radius 2 is 1.73 bits per heavy atom. The van der Waals surface area contributed by atoms with Crippen molar-refractivity contribution in [3.05, 3.63) is 90.8 Å². The quantitative estimate of drug-likeness (QED) is 0.234. The fraction of sp³-hybridized carbons (Fsp3) is 0.406. The van der Waals surface area contributed by atoms with Gasteiger partial charge < -0.3 is 9.80 Å². The molecule has 9 heteroatoms. The van der Waals surface area contributed by atoms with Gasteiger partial charge in [0.1, 0.15) is 0 Å². The van der Waals surface area contributed by atoms with Crippen LogP contribution in [0.2, 0.25) is 0 Å². The first-order valence-corrected chi connectivity index (χ1v) is 13.7. The molecular weight excluding hydrogens is 527 g/mol. The molecule has 1 aliphatic rings. The van der Waals surface area contributed by atoms with Crippen molar-refractivity contribution in [1.29, 1.82) is 0 Å². The third-order valence-corrected chi connectivity index (χ3v) is 5.98. The Kier molecular flexibility index (Phi) is 16.0. The SMILES string of the molecule is C=C.CC/C=C\CC=C(C)C.CN1CCCN(C=O)CC1.Cc1cnn2c(C(F)(F)F)cc(-c3ccccc3)nc12. The van der Waals surface area contributed by atoms with Gasteiger partial charge in [-0.2, -0.15) is 18.3 Å². The van der Waals surface area contributed by atoms with Gasteiger partial charge in [0.2, 0.25) is 6.41 Å². The number of hydrogen-bond acceptors (Lipinski definition) is 4. The van der Waals surface area contributed by atoms with E-state index < -0.39 is 11.9 Å². The molecule has 224 valence electrons. The lowest BCUT2D eigenvalue weighted by Gasteiger charge is -2.13. The van der Waals surface area contributed by atoms with E-state index in [1.165, 1.54) is 11.8 Å². The first kappa shape index (κ1) is 35.3. The van der Waals surface area contributed by atoms with E-state index in [-0.39, 0.29) is 11.3 Å². The first-order chi connectivity index (χ1) is 19.6. The Hall–Kier alpha value is -3.72. The van der Waals surface area contributed by atoms with Crippen LogP contribution in [0.3, 0.4) is 0 Å². The maximum Gasteiger partial charge on any atom is 0.433 e. The van der Waals surface area contributed by atoms with Crippen LogP contribution in [0.4, 0.5) is 13.2 Å². The van der Waals surface area contributed by atoms with Gasteiger partial charge in [-0.1, -0.05) is 61.1 Å². The van der Waals surface area contributed by atoms with Gasteiger partial charge in [-0.3, -0.25) is 4.79 Å². The minimum atomic E-state index is -4.48. The molecule has 0 spiro atoms. The van der Waals surface area contributed by atoms with Gasteiger partial charge in [0, 0.05) is 30.8 Å². The summed E-state index contributed by atoms with van der Waals surface area (Å²) in [6.45, 7) is 18.0. The number of carbonyl (C=O) groups excluding carboxylic acids is 1. The molecule has 3 aromatic rings. The molecule has 0 atom stereocenters. The van der Waals surface area contributed by atoms with E-state index in [0.717, 1.165) is 62.4 Å². The number of aryl methyl sites for hydroxylation is 1. The second-order valence-electron chi connectivity index (χ2n) is 9.65. The Morgan fingerprint density at radius 1 is 1.05 bits per heavy atom. The molecule has 3 heterocycles. The smallest absolute Gasteiger partial charge is 0.344 e. The van der Waals surface area contributed by atoms with Crippen molar-refractivity contribution in [2.45, 2.75) is 53.1 Å². The lowest BCUT2D eigenvalue weighted by atomic mass is 10.1. The monoisotopic (exact) mass is 571 g/mol. The van der Waals surface area contributed by atoms with E-state index in [0.29, 0.717) is 11.1 Å². The van der Waals surface area contributed by atoms with Crippen molar-refractivity contribution in [1.82, 2.24) is 24.4 Å². The molecule has 6 nitrogen and oxygen atoms in total. The van der Waals surface area contributed by atoms with Crippen LogP contribution in [0.5, 0.6) is 0 Å². The number of likely N-dealkylation sites (N-methyl/N-ethyl adjacent to an activating group) is 1. The summed E-state index contributed by atoms with van der Waals surface area (Å²) < 4.78 is 40.2. The van der Waals surface area contributed by atoms with Crippen LogP contribution in [0.15, 0.2) is 79.6 Å². The van der Waals surface area contributed by atoms with Crippen molar-refractivity contribution in [3.8, 4) is 11.3 Å². The zero-order chi connectivity index (χ0) is 30.8. The maximum absolute atomic E-state index is 13.1. The fourth-order valence-corrected chi connectivity index (χ4v) is 3.77. The normalized spacial score (nSPS) is 13.6. The highest BCUT2D eigenvalue weighted by molar-refractivity contribution is 5.63. The zero-order valence-electron chi connectivity index (χ0n) is 25.0. The Labute approximate surface area is 242 Å². The van der Waals surface area contributed by atoms with Crippen LogP contribution in [0, 0.1) is 6.92 Å². The predicted molar refractivity (Wildman–Crippen MR) is 163 cm³/mol. The highest BCUT2D eigenvalue weighted by atomic mass is 19.4. The highest BCUT2D eigenvalue weighted by Gasteiger charge is 2.35. The van der Waals surface area contributed by atoms with Gasteiger partial charge in [-0.25, -0.2) is 9.50 Å². The summed E-state index contributed by atoms with van der Waals surface area (Å²) >= 11 is 0. The summed E-state index contributed by atoms with van der Waals surface area (Å²) in [5.74, 6) is 0. The van der Waals surface area contributed by atoms with Gasteiger partial charge in [0.15, 0.2) is 11.3 Å². The summed E-state index contributed by atoms with van der Waals surface area (Å²) in [6.07, 6.45) is 7.81. The number of fused-ring (bicyclic) bond motifs is 1. The maximum atomic E-state index is 13.1. The minimum Gasteiger partial charge on any atom is -0.344 e. The van der Waals surface area contributed by atoms with Crippen LogP contribution in [-0.2, 0) is 11.0 Å². The largest absolute Gasteiger partial charge is 0.433 e. The minimum absolute atomic E-state index is 0.221. The molecular formula is C32H44F3N5O. The third kappa shape index (κ3) is 12.6. The summed E-state index contributed by atoms with van der Waals surface area (Å²) in [5, 5.41) is 3.75. The van der Waals surface area contributed by atoms with Gasteiger partial charge in [0.05, 0.1) is 11.9 Å². The molecule has 1 fully saturated rings. The standard InChI is InChI=1S/C14H10F3N3.C9H16.C7H14N2O.C2H4/c1-9-8-18-20-12(14(15,16)17)7-11(19-13(9)20)10-5-3-2-4-6-10;1-4-5-6-7-8-9(2)3;1-8-3-2-4-9(7-10)6-5-8;1-2/h2-8H,1H3;5-6,8H,4,7H2,1-3H3;7H,2-6H2,1H3;1-2H2/b;6-5-;;. The van der Waals surface area contributed by atoms with Crippen LogP contribution >= 0.6 is 0 Å².